The molecule has 0 bridgehead atoms. The summed E-state index contributed by atoms with van der Waals surface area (Å²) < 4.78 is 7.22. The molecule has 1 aromatic heterocycles. The molecule has 3 rings (SSSR count). The topological polar surface area (TPSA) is 67.7 Å². The Balaban J connectivity index is 1.74. The van der Waals surface area contributed by atoms with Crippen molar-refractivity contribution in [3.8, 4) is 0 Å². The quantitative estimate of drug-likeness (QED) is 0.819. The third kappa shape index (κ3) is 2.92. The van der Waals surface area contributed by atoms with E-state index < -0.39 is 0 Å². The van der Waals surface area contributed by atoms with E-state index in [-0.39, 0.29) is 23.1 Å². The maximum atomic E-state index is 12.8. The number of rotatable bonds is 4. The van der Waals surface area contributed by atoms with Gasteiger partial charge in [-0.25, -0.2) is 0 Å². The van der Waals surface area contributed by atoms with Crippen LogP contribution in [0.3, 0.4) is 0 Å². The summed E-state index contributed by atoms with van der Waals surface area (Å²) in [7, 11) is 1.71. The van der Waals surface area contributed by atoms with Gasteiger partial charge in [-0.1, -0.05) is 0 Å². The van der Waals surface area contributed by atoms with E-state index in [1.54, 1.807) is 31.1 Å². The second-order valence-electron chi connectivity index (χ2n) is 6.98. The van der Waals surface area contributed by atoms with Gasteiger partial charge in [-0.3, -0.25) is 14.3 Å². The number of hydrogen-bond donors (Lipinski definition) is 0. The number of hydrogen-bond acceptors (Lipinski definition) is 4. The van der Waals surface area contributed by atoms with Gasteiger partial charge in [0.15, 0.2) is 0 Å². The molecule has 2 fully saturated rings. The molecule has 2 amide bonds. The Morgan fingerprint density at radius 2 is 2.12 bits per heavy atom. The van der Waals surface area contributed by atoms with E-state index in [2.05, 4.69) is 5.10 Å². The van der Waals surface area contributed by atoms with E-state index >= 15 is 0 Å². The van der Waals surface area contributed by atoms with Crippen LogP contribution >= 0.6 is 0 Å². The van der Waals surface area contributed by atoms with Gasteiger partial charge in [-0.15, -0.1) is 0 Å². The van der Waals surface area contributed by atoms with Crippen LogP contribution in [0.2, 0.25) is 0 Å². The lowest BCUT2D eigenvalue weighted by atomic mass is 9.73. The van der Waals surface area contributed by atoms with Crippen molar-refractivity contribution in [2.75, 3.05) is 39.9 Å². The van der Waals surface area contributed by atoms with Crippen molar-refractivity contribution in [1.29, 1.82) is 0 Å². The number of carbonyl (C=O) groups excluding carboxylic acids is 2. The zero-order valence-corrected chi connectivity index (χ0v) is 14.7. The number of aromatic nitrogens is 2. The monoisotopic (exact) mass is 334 g/mol. The molecule has 2 aliphatic heterocycles. The standard InChI is InChI=1S/C17H26N4O3/c1-4-21-8-14(7-18-21)16(23)19-6-5-17(12-24-3)11-20(13(2)22)10-15(17)9-19/h7-8,15H,4-6,9-12H2,1-3H3/t15-,17+/m1/s1. The minimum atomic E-state index is -0.0230. The van der Waals surface area contributed by atoms with Crippen LogP contribution in [0.25, 0.3) is 0 Å². The van der Waals surface area contributed by atoms with Crippen molar-refractivity contribution in [1.82, 2.24) is 19.6 Å². The summed E-state index contributed by atoms with van der Waals surface area (Å²) in [4.78, 5) is 28.4. The van der Waals surface area contributed by atoms with E-state index in [9.17, 15) is 9.59 Å². The van der Waals surface area contributed by atoms with Gasteiger partial charge in [-0.05, 0) is 13.3 Å². The molecule has 7 heteroatoms. The average Bonchev–Trinajstić information content (AvgIpc) is 3.18. The fourth-order valence-electron chi connectivity index (χ4n) is 4.06. The number of nitrogens with zero attached hydrogens (tertiary/aromatic N) is 4. The Morgan fingerprint density at radius 1 is 1.38 bits per heavy atom. The largest absolute Gasteiger partial charge is 0.384 e. The first-order valence-corrected chi connectivity index (χ1v) is 8.55. The predicted octanol–water partition coefficient (Wildman–Crippen LogP) is 0.860. The lowest BCUT2D eigenvalue weighted by molar-refractivity contribution is -0.128. The summed E-state index contributed by atoms with van der Waals surface area (Å²) in [6.07, 6.45) is 4.30. The molecular formula is C17H26N4O3. The summed E-state index contributed by atoms with van der Waals surface area (Å²) in [5.41, 5.74) is 0.614. The number of piperidine rings is 1. The van der Waals surface area contributed by atoms with E-state index in [1.807, 2.05) is 16.7 Å². The highest BCUT2D eigenvalue weighted by atomic mass is 16.5. The molecule has 2 aliphatic rings. The zero-order chi connectivity index (χ0) is 17.3. The van der Waals surface area contributed by atoms with Gasteiger partial charge in [0.2, 0.25) is 5.91 Å². The van der Waals surface area contributed by atoms with Crippen molar-refractivity contribution in [3.05, 3.63) is 18.0 Å². The molecule has 7 nitrogen and oxygen atoms in total. The van der Waals surface area contributed by atoms with E-state index in [0.717, 1.165) is 19.5 Å². The van der Waals surface area contributed by atoms with Gasteiger partial charge in [-0.2, -0.15) is 5.10 Å². The van der Waals surface area contributed by atoms with Crippen molar-refractivity contribution < 1.29 is 14.3 Å². The predicted molar refractivity (Wildman–Crippen MR) is 88.5 cm³/mol. The third-order valence-electron chi connectivity index (χ3n) is 5.50. The molecule has 24 heavy (non-hydrogen) atoms. The van der Waals surface area contributed by atoms with Crippen LogP contribution in [0.15, 0.2) is 12.4 Å². The summed E-state index contributed by atoms with van der Waals surface area (Å²) in [5, 5.41) is 4.19. The fourth-order valence-corrected chi connectivity index (χ4v) is 4.06. The van der Waals surface area contributed by atoms with E-state index in [4.69, 9.17) is 4.74 Å². The minimum Gasteiger partial charge on any atom is -0.384 e. The molecular weight excluding hydrogens is 308 g/mol. The van der Waals surface area contributed by atoms with Crippen molar-refractivity contribution in [2.24, 2.45) is 11.3 Å². The smallest absolute Gasteiger partial charge is 0.257 e. The molecule has 0 saturated carbocycles. The summed E-state index contributed by atoms with van der Waals surface area (Å²) >= 11 is 0. The third-order valence-corrected chi connectivity index (χ3v) is 5.50. The first kappa shape index (κ1) is 17.0. The second-order valence-corrected chi connectivity index (χ2v) is 6.98. The molecule has 3 heterocycles. The SMILES string of the molecule is CCn1cc(C(=O)N2CC[C@@]3(COC)CN(C(C)=O)C[C@H]3C2)cn1. The molecule has 0 radical (unpaired) electrons. The van der Waals surface area contributed by atoms with Crippen LogP contribution < -0.4 is 0 Å². The molecule has 0 unspecified atom stereocenters. The number of amides is 2. The summed E-state index contributed by atoms with van der Waals surface area (Å²) in [5.74, 6) is 0.393. The van der Waals surface area contributed by atoms with Crippen LogP contribution in [-0.2, 0) is 16.1 Å². The highest BCUT2D eigenvalue weighted by Gasteiger charge is 2.50. The van der Waals surface area contributed by atoms with Crippen LogP contribution in [0.1, 0.15) is 30.6 Å². The van der Waals surface area contributed by atoms with Crippen LogP contribution in [0.4, 0.5) is 0 Å². The highest BCUT2D eigenvalue weighted by Crippen LogP contribution is 2.43. The molecule has 0 spiro atoms. The Labute approximate surface area is 142 Å². The lowest BCUT2D eigenvalue weighted by Crippen LogP contribution is -2.50. The Hall–Kier alpha value is -1.89. The number of aryl methyl sites for hydroxylation is 1. The Bertz CT molecular complexity index is 629. The highest BCUT2D eigenvalue weighted by molar-refractivity contribution is 5.93. The van der Waals surface area contributed by atoms with Gasteiger partial charge in [0.25, 0.3) is 5.91 Å². The van der Waals surface area contributed by atoms with Crippen molar-refractivity contribution in [3.63, 3.8) is 0 Å². The van der Waals surface area contributed by atoms with Gasteiger partial charge < -0.3 is 14.5 Å². The average molecular weight is 334 g/mol. The van der Waals surface area contributed by atoms with Gasteiger partial charge in [0.05, 0.1) is 18.4 Å². The molecule has 0 aliphatic carbocycles. The normalized spacial score (nSPS) is 26.5. The first-order chi connectivity index (χ1) is 11.5. The zero-order valence-electron chi connectivity index (χ0n) is 14.7. The molecule has 132 valence electrons. The Kier molecular flexibility index (Phi) is 4.62. The number of ether oxygens (including phenoxy) is 1. The first-order valence-electron chi connectivity index (χ1n) is 8.55. The lowest BCUT2D eigenvalue weighted by Gasteiger charge is -2.42. The molecule has 1 aromatic rings. The second kappa shape index (κ2) is 6.55. The summed E-state index contributed by atoms with van der Waals surface area (Å²) in [6, 6.07) is 0. The summed E-state index contributed by atoms with van der Waals surface area (Å²) in [6.45, 7) is 7.80. The minimum absolute atomic E-state index is 0.0230. The molecule has 0 N–H and O–H groups in total. The molecule has 2 atom stereocenters. The number of fused-ring (bicyclic) bond motifs is 1. The maximum absolute atomic E-state index is 12.8. The number of methoxy groups -OCH3 is 1. The van der Waals surface area contributed by atoms with Crippen LogP contribution in [0.5, 0.6) is 0 Å². The van der Waals surface area contributed by atoms with Gasteiger partial charge >= 0.3 is 0 Å². The van der Waals surface area contributed by atoms with Crippen molar-refractivity contribution >= 4 is 11.8 Å². The molecule has 2 saturated heterocycles. The van der Waals surface area contributed by atoms with Gasteiger partial charge in [0.1, 0.15) is 0 Å². The van der Waals surface area contributed by atoms with E-state index in [1.165, 1.54) is 0 Å². The van der Waals surface area contributed by atoms with Gasteiger partial charge in [0, 0.05) is 64.3 Å². The number of likely N-dealkylation sites (tertiary alicyclic amines) is 2. The Morgan fingerprint density at radius 3 is 2.75 bits per heavy atom. The maximum Gasteiger partial charge on any atom is 0.257 e. The van der Waals surface area contributed by atoms with E-state index in [0.29, 0.717) is 31.8 Å². The fraction of sp³-hybridized carbons (Fsp3) is 0.706. The van der Waals surface area contributed by atoms with Crippen molar-refractivity contribution in [2.45, 2.75) is 26.8 Å². The van der Waals surface area contributed by atoms with Crippen LogP contribution in [0, 0.1) is 11.3 Å². The number of carbonyl (C=O) groups is 2. The molecule has 0 aromatic carbocycles. The van der Waals surface area contributed by atoms with Crippen LogP contribution in [-0.4, -0.2) is 71.3 Å².